The maximum absolute atomic E-state index is 5.51. The van der Waals surface area contributed by atoms with Crippen LogP contribution in [0.3, 0.4) is 0 Å². The van der Waals surface area contributed by atoms with Crippen LogP contribution < -0.4 is 15.8 Å². The van der Waals surface area contributed by atoms with Crippen LogP contribution in [-0.4, -0.2) is 23.6 Å². The van der Waals surface area contributed by atoms with Crippen molar-refractivity contribution in [1.82, 2.24) is 9.97 Å². The summed E-state index contributed by atoms with van der Waals surface area (Å²) < 4.78 is 5.41. The molecule has 0 saturated carbocycles. The lowest BCUT2D eigenvalue weighted by atomic mass is 10.3. The number of nitrogen functional groups attached to an aromatic ring is 1. The summed E-state index contributed by atoms with van der Waals surface area (Å²) in [7, 11) is 1.76. The maximum Gasteiger partial charge on any atom is 0.225 e. The highest BCUT2D eigenvalue weighted by Crippen LogP contribution is 2.14. The number of nitrogens with one attached hydrogen (secondary N) is 1. The van der Waals surface area contributed by atoms with E-state index in [0.717, 1.165) is 12.0 Å². The summed E-state index contributed by atoms with van der Waals surface area (Å²) in [5, 5.41) is 2.88. The number of nitrogens with zero attached hydrogens (tertiary/aromatic N) is 2. The number of rotatable bonds is 5. The number of hydrogen-bond acceptors (Lipinski definition) is 5. The molecule has 0 aliphatic carbocycles. The SMILES string of the molecule is C=C(C)CCOc1cc(NC)nc(N)n1. The highest BCUT2D eigenvalue weighted by molar-refractivity contribution is 5.42. The molecule has 1 heterocycles. The van der Waals surface area contributed by atoms with Gasteiger partial charge in [-0.3, -0.25) is 0 Å². The van der Waals surface area contributed by atoms with Crippen molar-refractivity contribution in [2.24, 2.45) is 0 Å². The van der Waals surface area contributed by atoms with Crippen LogP contribution in [0.2, 0.25) is 0 Å². The van der Waals surface area contributed by atoms with Crippen LogP contribution in [-0.2, 0) is 0 Å². The molecule has 0 radical (unpaired) electrons. The van der Waals surface area contributed by atoms with Gasteiger partial charge in [0.25, 0.3) is 0 Å². The van der Waals surface area contributed by atoms with Crippen molar-refractivity contribution in [3.63, 3.8) is 0 Å². The van der Waals surface area contributed by atoms with Crippen LogP contribution in [0.25, 0.3) is 0 Å². The highest BCUT2D eigenvalue weighted by Gasteiger charge is 2.01. The second kappa shape index (κ2) is 5.19. The lowest BCUT2D eigenvalue weighted by Gasteiger charge is -2.07. The van der Waals surface area contributed by atoms with Gasteiger partial charge in [-0.1, -0.05) is 5.57 Å². The van der Waals surface area contributed by atoms with Gasteiger partial charge in [-0.05, 0) is 6.92 Å². The van der Waals surface area contributed by atoms with E-state index in [1.54, 1.807) is 13.1 Å². The third-order valence-corrected chi connectivity index (χ3v) is 1.75. The van der Waals surface area contributed by atoms with E-state index < -0.39 is 0 Å². The Hall–Kier alpha value is -1.78. The number of ether oxygens (including phenoxy) is 1. The molecule has 0 amide bonds. The van der Waals surface area contributed by atoms with E-state index in [0.29, 0.717) is 18.3 Å². The normalized spacial score (nSPS) is 9.73. The standard InChI is InChI=1S/C10H16N4O/c1-7(2)4-5-15-9-6-8(12-3)13-10(11)14-9/h6H,1,4-5H2,2-3H3,(H3,11,12,13,14). The Kier molecular flexibility index (Phi) is 3.91. The molecule has 0 fully saturated rings. The first-order valence-electron chi connectivity index (χ1n) is 4.71. The van der Waals surface area contributed by atoms with Crippen molar-refractivity contribution in [2.75, 3.05) is 24.7 Å². The summed E-state index contributed by atoms with van der Waals surface area (Å²) in [5.74, 6) is 1.33. The number of anilines is 2. The van der Waals surface area contributed by atoms with Gasteiger partial charge in [0.15, 0.2) is 0 Å². The molecule has 0 unspecified atom stereocenters. The molecule has 0 bridgehead atoms. The first kappa shape index (κ1) is 11.3. The topological polar surface area (TPSA) is 73.1 Å². The quantitative estimate of drug-likeness (QED) is 0.716. The summed E-state index contributed by atoms with van der Waals surface area (Å²) in [6.45, 7) is 6.29. The highest BCUT2D eigenvalue weighted by atomic mass is 16.5. The summed E-state index contributed by atoms with van der Waals surface area (Å²) in [4.78, 5) is 7.91. The van der Waals surface area contributed by atoms with Gasteiger partial charge in [0.1, 0.15) is 5.82 Å². The zero-order chi connectivity index (χ0) is 11.3. The summed E-state index contributed by atoms with van der Waals surface area (Å²) in [6.07, 6.45) is 0.804. The van der Waals surface area contributed by atoms with Crippen LogP contribution in [0.1, 0.15) is 13.3 Å². The number of nitrogens with two attached hydrogens (primary N) is 1. The Morgan fingerprint density at radius 1 is 1.60 bits per heavy atom. The monoisotopic (exact) mass is 208 g/mol. The molecule has 0 spiro atoms. The predicted molar refractivity (Wildman–Crippen MR) is 60.9 cm³/mol. The van der Waals surface area contributed by atoms with E-state index in [-0.39, 0.29) is 5.95 Å². The van der Waals surface area contributed by atoms with Crippen LogP contribution in [0.5, 0.6) is 5.88 Å². The minimum atomic E-state index is 0.201. The van der Waals surface area contributed by atoms with Gasteiger partial charge < -0.3 is 15.8 Å². The molecule has 5 nitrogen and oxygen atoms in total. The van der Waals surface area contributed by atoms with E-state index in [1.807, 2.05) is 6.92 Å². The molecule has 1 rings (SSSR count). The third kappa shape index (κ3) is 3.84. The van der Waals surface area contributed by atoms with Gasteiger partial charge in [0.05, 0.1) is 6.61 Å². The molecule has 0 aliphatic heterocycles. The maximum atomic E-state index is 5.51. The van der Waals surface area contributed by atoms with Crippen LogP contribution >= 0.6 is 0 Å². The molecule has 5 heteroatoms. The zero-order valence-corrected chi connectivity index (χ0v) is 9.08. The molecule has 0 aliphatic rings. The fourth-order valence-corrected chi connectivity index (χ4v) is 0.975. The molecule has 3 N–H and O–H groups in total. The summed E-state index contributed by atoms with van der Waals surface area (Å²) in [5.41, 5.74) is 6.58. The first-order chi connectivity index (χ1) is 7.11. The second-order valence-electron chi connectivity index (χ2n) is 3.26. The fourth-order valence-electron chi connectivity index (χ4n) is 0.975. The average molecular weight is 208 g/mol. The van der Waals surface area contributed by atoms with Gasteiger partial charge >= 0.3 is 0 Å². The lowest BCUT2D eigenvalue weighted by Crippen LogP contribution is -2.04. The third-order valence-electron chi connectivity index (χ3n) is 1.75. The van der Waals surface area contributed by atoms with E-state index >= 15 is 0 Å². The van der Waals surface area contributed by atoms with Gasteiger partial charge in [0, 0.05) is 19.5 Å². The van der Waals surface area contributed by atoms with Crippen LogP contribution in [0.15, 0.2) is 18.2 Å². The second-order valence-corrected chi connectivity index (χ2v) is 3.26. The Bertz CT molecular complexity index is 351. The predicted octanol–water partition coefficient (Wildman–Crippen LogP) is 1.45. The van der Waals surface area contributed by atoms with E-state index in [1.165, 1.54) is 0 Å². The Labute approximate surface area is 89.4 Å². The summed E-state index contributed by atoms with van der Waals surface area (Å²) >= 11 is 0. The molecule has 1 aromatic heterocycles. The van der Waals surface area contributed by atoms with Crippen molar-refractivity contribution < 1.29 is 4.74 Å². The van der Waals surface area contributed by atoms with Crippen molar-refractivity contribution >= 4 is 11.8 Å². The minimum Gasteiger partial charge on any atom is -0.477 e. The zero-order valence-electron chi connectivity index (χ0n) is 9.08. The van der Waals surface area contributed by atoms with Gasteiger partial charge in [-0.15, -0.1) is 6.58 Å². The number of aromatic nitrogens is 2. The lowest BCUT2D eigenvalue weighted by molar-refractivity contribution is 0.309. The van der Waals surface area contributed by atoms with Crippen LogP contribution in [0.4, 0.5) is 11.8 Å². The minimum absolute atomic E-state index is 0.201. The van der Waals surface area contributed by atoms with Gasteiger partial charge in [-0.2, -0.15) is 9.97 Å². The van der Waals surface area contributed by atoms with Crippen molar-refractivity contribution in [1.29, 1.82) is 0 Å². The molecule has 0 atom stereocenters. The van der Waals surface area contributed by atoms with Crippen molar-refractivity contribution in [3.05, 3.63) is 18.2 Å². The van der Waals surface area contributed by atoms with Crippen molar-refractivity contribution in [2.45, 2.75) is 13.3 Å². The van der Waals surface area contributed by atoms with E-state index in [4.69, 9.17) is 10.5 Å². The summed E-state index contributed by atoms with van der Waals surface area (Å²) in [6, 6.07) is 1.70. The fraction of sp³-hybridized carbons (Fsp3) is 0.400. The van der Waals surface area contributed by atoms with Gasteiger partial charge in [0.2, 0.25) is 11.8 Å². The Morgan fingerprint density at radius 2 is 2.33 bits per heavy atom. The molecule has 82 valence electrons. The average Bonchev–Trinajstić information content (AvgIpc) is 2.16. The van der Waals surface area contributed by atoms with Gasteiger partial charge in [-0.25, -0.2) is 0 Å². The molecule has 15 heavy (non-hydrogen) atoms. The largest absolute Gasteiger partial charge is 0.477 e. The van der Waals surface area contributed by atoms with Crippen molar-refractivity contribution in [3.8, 4) is 5.88 Å². The van der Waals surface area contributed by atoms with Crippen LogP contribution in [0, 0.1) is 0 Å². The number of hydrogen-bond donors (Lipinski definition) is 2. The van der Waals surface area contributed by atoms with E-state index in [9.17, 15) is 0 Å². The Balaban J connectivity index is 2.60. The molecule has 1 aromatic rings. The Morgan fingerprint density at radius 3 is 2.93 bits per heavy atom. The molecular formula is C10H16N4O. The molecular weight excluding hydrogens is 192 g/mol. The molecule has 0 saturated heterocycles. The van der Waals surface area contributed by atoms with E-state index in [2.05, 4.69) is 21.9 Å². The smallest absolute Gasteiger partial charge is 0.225 e. The molecule has 0 aromatic carbocycles. The first-order valence-corrected chi connectivity index (χ1v) is 4.71.